The normalized spacial score (nSPS) is 9.55. The SMILES string of the molecule is CCCCCCCC(=O)O.CCCCCCCCCC(=O)O.O=C(O)CO.OCC(O)CO. The van der Waals surface area contributed by atoms with Crippen LogP contribution in [0.2, 0.25) is 0 Å². The van der Waals surface area contributed by atoms with Crippen molar-refractivity contribution in [3.63, 3.8) is 0 Å². The minimum Gasteiger partial charge on any atom is -0.481 e. The number of aliphatic hydroxyl groups excluding tert-OH is 4. The van der Waals surface area contributed by atoms with Crippen LogP contribution in [0, 0.1) is 0 Å². The minimum absolute atomic E-state index is 0.337. The van der Waals surface area contributed by atoms with Gasteiger partial charge in [0.15, 0.2) is 0 Å². The number of carboxylic acid groups (broad SMARTS) is 3. The second kappa shape index (κ2) is 34.9. The first-order valence-corrected chi connectivity index (χ1v) is 11.8. The Morgan fingerprint density at radius 2 is 0.818 bits per heavy atom. The molecule has 10 heteroatoms. The van der Waals surface area contributed by atoms with Gasteiger partial charge < -0.3 is 35.7 Å². The summed E-state index contributed by atoms with van der Waals surface area (Å²) < 4.78 is 0. The lowest BCUT2D eigenvalue weighted by Gasteiger charge is -1.98. The fraction of sp³-hybridized carbons (Fsp3) is 0.870. The Hall–Kier alpha value is -1.75. The van der Waals surface area contributed by atoms with Crippen LogP contribution < -0.4 is 0 Å². The number of carbonyl (C=O) groups is 3. The van der Waals surface area contributed by atoms with E-state index in [-0.39, 0.29) is 13.2 Å². The summed E-state index contributed by atoms with van der Waals surface area (Å²) in [6.07, 6.45) is 13.6. The van der Waals surface area contributed by atoms with Crippen LogP contribution in [0.3, 0.4) is 0 Å². The van der Waals surface area contributed by atoms with Gasteiger partial charge in [-0.15, -0.1) is 0 Å². The fourth-order valence-corrected chi connectivity index (χ4v) is 2.17. The molecule has 0 bridgehead atoms. The first-order valence-electron chi connectivity index (χ1n) is 11.8. The molecule has 0 heterocycles. The monoisotopic (exact) mass is 484 g/mol. The molecule has 0 spiro atoms. The van der Waals surface area contributed by atoms with Gasteiger partial charge in [0.2, 0.25) is 0 Å². The van der Waals surface area contributed by atoms with E-state index >= 15 is 0 Å². The van der Waals surface area contributed by atoms with Crippen molar-refractivity contribution in [1.29, 1.82) is 0 Å². The van der Waals surface area contributed by atoms with Crippen molar-refractivity contribution in [2.45, 2.75) is 110 Å². The lowest BCUT2D eigenvalue weighted by molar-refractivity contribution is -0.140. The Morgan fingerprint density at radius 1 is 0.545 bits per heavy atom. The molecule has 0 fully saturated rings. The molecular weight excluding hydrogens is 436 g/mol. The summed E-state index contributed by atoms with van der Waals surface area (Å²) in [7, 11) is 0. The molecule has 33 heavy (non-hydrogen) atoms. The van der Waals surface area contributed by atoms with Crippen molar-refractivity contribution in [3.05, 3.63) is 0 Å². The summed E-state index contributed by atoms with van der Waals surface area (Å²) in [5, 5.41) is 55.7. The summed E-state index contributed by atoms with van der Waals surface area (Å²) in [6, 6.07) is 0. The Bertz CT molecular complexity index is 412. The molecule has 0 saturated carbocycles. The predicted molar refractivity (Wildman–Crippen MR) is 126 cm³/mol. The molecule has 0 radical (unpaired) electrons. The molecule has 10 nitrogen and oxygen atoms in total. The number of rotatable bonds is 17. The molecule has 0 saturated heterocycles. The highest BCUT2D eigenvalue weighted by Crippen LogP contribution is 2.08. The maximum Gasteiger partial charge on any atom is 0.329 e. The van der Waals surface area contributed by atoms with Gasteiger partial charge in [0.05, 0.1) is 13.2 Å². The Morgan fingerprint density at radius 3 is 1.00 bits per heavy atom. The predicted octanol–water partition coefficient (Wildman–Crippen LogP) is 3.04. The molecule has 200 valence electrons. The number of aliphatic hydroxyl groups is 4. The summed E-state index contributed by atoms with van der Waals surface area (Å²) in [6.45, 7) is 2.84. The number of hydrogen-bond acceptors (Lipinski definition) is 7. The zero-order valence-electron chi connectivity index (χ0n) is 20.5. The van der Waals surface area contributed by atoms with Crippen LogP contribution in [0.1, 0.15) is 104 Å². The third-order valence-electron chi connectivity index (χ3n) is 4.05. The third-order valence-corrected chi connectivity index (χ3v) is 4.05. The molecule has 0 unspecified atom stereocenters. The van der Waals surface area contributed by atoms with Crippen molar-refractivity contribution in [1.82, 2.24) is 0 Å². The Balaban J connectivity index is -0.000000180. The standard InChI is InChI=1S/C10H20O2.C8H16O2.C3H8O3.C2H4O3/c1-2-3-4-5-6-7-8-9-10(11)12;1-2-3-4-5-6-7-8(9)10;4-1-3(6)2-5;3-1-2(4)5/h2-9H2,1H3,(H,11,12);2-7H2,1H3,(H,9,10);3-6H,1-2H2;3H,1H2,(H,4,5). The van der Waals surface area contributed by atoms with Gasteiger partial charge in [-0.1, -0.05) is 78.1 Å². The van der Waals surface area contributed by atoms with Crippen LogP contribution in [0.4, 0.5) is 0 Å². The quantitative estimate of drug-likeness (QED) is 0.151. The molecule has 0 aromatic heterocycles. The Kier molecular flexibility index (Phi) is 40.7. The molecular formula is C23H48O10. The third kappa shape index (κ3) is 58.9. The minimum atomic E-state index is -1.19. The lowest BCUT2D eigenvalue weighted by atomic mass is 10.1. The molecule has 0 aromatic carbocycles. The van der Waals surface area contributed by atoms with Crippen molar-refractivity contribution >= 4 is 17.9 Å². The maximum absolute atomic E-state index is 10.1. The second-order valence-corrected chi connectivity index (χ2v) is 7.39. The zero-order chi connectivity index (χ0) is 26.3. The van der Waals surface area contributed by atoms with E-state index in [1.54, 1.807) is 0 Å². The highest BCUT2D eigenvalue weighted by molar-refractivity contribution is 5.67. The van der Waals surface area contributed by atoms with Crippen LogP contribution >= 0.6 is 0 Å². The number of hydrogen-bond donors (Lipinski definition) is 7. The van der Waals surface area contributed by atoms with Crippen LogP contribution in [0.15, 0.2) is 0 Å². The average Bonchev–Trinajstić information content (AvgIpc) is 2.78. The molecule has 0 atom stereocenters. The molecule has 0 rings (SSSR count). The van der Waals surface area contributed by atoms with E-state index in [4.69, 9.17) is 40.5 Å². The van der Waals surface area contributed by atoms with E-state index in [1.807, 2.05) is 0 Å². The summed E-state index contributed by atoms with van der Waals surface area (Å²) >= 11 is 0. The van der Waals surface area contributed by atoms with Crippen molar-refractivity contribution in [3.8, 4) is 0 Å². The van der Waals surface area contributed by atoms with E-state index in [2.05, 4.69) is 13.8 Å². The van der Waals surface area contributed by atoms with Gasteiger partial charge in [-0.3, -0.25) is 9.59 Å². The van der Waals surface area contributed by atoms with E-state index in [9.17, 15) is 9.59 Å². The average molecular weight is 485 g/mol. The highest BCUT2D eigenvalue weighted by atomic mass is 16.4. The molecule has 0 aliphatic heterocycles. The summed E-state index contributed by atoms with van der Waals surface area (Å²) in [5.74, 6) is -2.52. The molecule has 0 aromatic rings. The van der Waals surface area contributed by atoms with Crippen LogP contribution in [0.5, 0.6) is 0 Å². The van der Waals surface area contributed by atoms with Gasteiger partial charge >= 0.3 is 17.9 Å². The van der Waals surface area contributed by atoms with E-state index in [0.717, 1.165) is 25.7 Å². The topological polar surface area (TPSA) is 193 Å². The largest absolute Gasteiger partial charge is 0.481 e. The van der Waals surface area contributed by atoms with Gasteiger partial charge in [-0.05, 0) is 12.8 Å². The maximum atomic E-state index is 10.1. The van der Waals surface area contributed by atoms with Crippen LogP contribution in [-0.4, -0.2) is 79.6 Å². The molecule has 7 N–H and O–H groups in total. The Labute approximate surface area is 198 Å². The number of unbranched alkanes of at least 4 members (excludes halogenated alkanes) is 10. The van der Waals surface area contributed by atoms with Gasteiger partial charge in [0.1, 0.15) is 12.7 Å². The van der Waals surface area contributed by atoms with Gasteiger partial charge in [0.25, 0.3) is 0 Å². The highest BCUT2D eigenvalue weighted by Gasteiger charge is 1.96. The number of carboxylic acids is 3. The smallest absolute Gasteiger partial charge is 0.329 e. The first-order chi connectivity index (χ1) is 15.6. The first kappa shape index (κ1) is 38.5. The summed E-state index contributed by atoms with van der Waals surface area (Å²) in [4.78, 5) is 29.3. The molecule has 0 amide bonds. The van der Waals surface area contributed by atoms with Crippen LogP contribution in [-0.2, 0) is 14.4 Å². The van der Waals surface area contributed by atoms with Crippen LogP contribution in [0.25, 0.3) is 0 Å². The second-order valence-electron chi connectivity index (χ2n) is 7.39. The lowest BCUT2D eigenvalue weighted by Crippen LogP contribution is -2.15. The fourth-order valence-electron chi connectivity index (χ4n) is 2.17. The van der Waals surface area contributed by atoms with Crippen molar-refractivity contribution in [2.75, 3.05) is 19.8 Å². The van der Waals surface area contributed by atoms with E-state index in [1.165, 1.54) is 51.4 Å². The molecule has 0 aliphatic rings. The molecule has 0 aliphatic carbocycles. The van der Waals surface area contributed by atoms with E-state index < -0.39 is 30.6 Å². The number of aliphatic carboxylic acids is 3. The van der Waals surface area contributed by atoms with Crippen molar-refractivity contribution in [2.24, 2.45) is 0 Å². The van der Waals surface area contributed by atoms with Crippen molar-refractivity contribution < 1.29 is 50.1 Å². The van der Waals surface area contributed by atoms with Gasteiger partial charge in [0, 0.05) is 12.8 Å². The zero-order valence-corrected chi connectivity index (χ0v) is 20.5. The van der Waals surface area contributed by atoms with Gasteiger partial charge in [-0.25, -0.2) is 4.79 Å². The summed E-state index contributed by atoms with van der Waals surface area (Å²) in [5.41, 5.74) is 0. The van der Waals surface area contributed by atoms with Gasteiger partial charge in [-0.2, -0.15) is 0 Å². The van der Waals surface area contributed by atoms with E-state index in [0.29, 0.717) is 12.8 Å².